The Morgan fingerprint density at radius 3 is 2.65 bits per heavy atom. The van der Waals surface area contributed by atoms with E-state index in [1.807, 2.05) is 43.3 Å². The van der Waals surface area contributed by atoms with Crippen molar-refractivity contribution in [3.63, 3.8) is 0 Å². The van der Waals surface area contributed by atoms with E-state index in [0.717, 1.165) is 27.1 Å². The zero-order valence-corrected chi connectivity index (χ0v) is 11.6. The van der Waals surface area contributed by atoms with E-state index in [0.29, 0.717) is 5.02 Å². The Kier molecular flexibility index (Phi) is 3.60. The third kappa shape index (κ3) is 2.93. The molecule has 17 heavy (non-hydrogen) atoms. The molecule has 0 aliphatic rings. The molecular formula is C13H12BrClN2. The summed E-state index contributed by atoms with van der Waals surface area (Å²) in [6.07, 6.45) is 0. The Morgan fingerprint density at radius 2 is 1.94 bits per heavy atom. The summed E-state index contributed by atoms with van der Waals surface area (Å²) < 4.78 is 0.877. The van der Waals surface area contributed by atoms with Crippen LogP contribution in [0, 0.1) is 6.92 Å². The predicted molar refractivity (Wildman–Crippen MR) is 78.0 cm³/mol. The van der Waals surface area contributed by atoms with Gasteiger partial charge in [0.15, 0.2) is 0 Å². The molecular weight excluding hydrogens is 300 g/mol. The lowest BCUT2D eigenvalue weighted by atomic mass is 10.2. The molecule has 0 spiro atoms. The molecule has 2 aromatic carbocycles. The van der Waals surface area contributed by atoms with Crippen molar-refractivity contribution in [2.75, 3.05) is 11.1 Å². The molecule has 0 aliphatic carbocycles. The Labute approximate surface area is 114 Å². The maximum atomic E-state index is 6.03. The van der Waals surface area contributed by atoms with Gasteiger partial charge in [-0.15, -0.1) is 0 Å². The molecule has 4 heteroatoms. The van der Waals surface area contributed by atoms with Gasteiger partial charge in [0, 0.05) is 10.2 Å². The highest BCUT2D eigenvalue weighted by Crippen LogP contribution is 2.29. The van der Waals surface area contributed by atoms with Gasteiger partial charge in [-0.25, -0.2) is 0 Å². The molecule has 0 atom stereocenters. The highest BCUT2D eigenvalue weighted by atomic mass is 79.9. The molecule has 0 aliphatic heterocycles. The number of hydrogen-bond acceptors (Lipinski definition) is 2. The molecule has 2 nitrogen and oxygen atoms in total. The number of rotatable bonds is 2. The Bertz CT molecular complexity index is 555. The van der Waals surface area contributed by atoms with Crippen LogP contribution in [0.3, 0.4) is 0 Å². The van der Waals surface area contributed by atoms with Crippen molar-refractivity contribution in [1.82, 2.24) is 0 Å². The van der Waals surface area contributed by atoms with E-state index in [1.54, 1.807) is 0 Å². The predicted octanol–water partition coefficient (Wildman–Crippen LogP) is 4.74. The van der Waals surface area contributed by atoms with Crippen molar-refractivity contribution in [2.45, 2.75) is 6.92 Å². The summed E-state index contributed by atoms with van der Waals surface area (Å²) in [7, 11) is 0. The van der Waals surface area contributed by atoms with Gasteiger partial charge in [-0.2, -0.15) is 0 Å². The summed E-state index contributed by atoms with van der Waals surface area (Å²) in [5.41, 5.74) is 9.58. The Hall–Kier alpha value is -1.19. The molecule has 88 valence electrons. The first-order chi connectivity index (χ1) is 8.06. The topological polar surface area (TPSA) is 38.0 Å². The van der Waals surface area contributed by atoms with E-state index in [4.69, 9.17) is 17.3 Å². The molecule has 0 saturated heterocycles. The number of halogens is 2. The van der Waals surface area contributed by atoms with Crippen molar-refractivity contribution in [3.05, 3.63) is 51.5 Å². The molecule has 3 N–H and O–H groups in total. The fourth-order valence-electron chi connectivity index (χ4n) is 1.51. The van der Waals surface area contributed by atoms with E-state index < -0.39 is 0 Å². The number of nitrogen functional groups attached to an aromatic ring is 1. The number of nitrogens with one attached hydrogen (secondary N) is 1. The zero-order valence-electron chi connectivity index (χ0n) is 9.30. The number of benzene rings is 2. The first kappa shape index (κ1) is 12.3. The highest BCUT2D eigenvalue weighted by molar-refractivity contribution is 9.10. The minimum absolute atomic E-state index is 0.668. The maximum Gasteiger partial charge on any atom is 0.0620 e. The molecule has 0 saturated carbocycles. The van der Waals surface area contributed by atoms with Gasteiger partial charge in [-0.05, 0) is 58.7 Å². The molecule has 0 radical (unpaired) electrons. The van der Waals surface area contributed by atoms with Crippen LogP contribution in [0.4, 0.5) is 17.1 Å². The van der Waals surface area contributed by atoms with Crippen LogP contribution in [-0.4, -0.2) is 0 Å². The fourth-order valence-corrected chi connectivity index (χ4v) is 1.93. The van der Waals surface area contributed by atoms with Gasteiger partial charge in [-0.3, -0.25) is 0 Å². The summed E-state index contributed by atoms with van der Waals surface area (Å²) in [5, 5.41) is 3.92. The van der Waals surface area contributed by atoms with Gasteiger partial charge in [0.1, 0.15) is 0 Å². The van der Waals surface area contributed by atoms with E-state index in [9.17, 15) is 0 Å². The average molecular weight is 312 g/mol. The van der Waals surface area contributed by atoms with Crippen LogP contribution < -0.4 is 11.1 Å². The number of aryl methyl sites for hydroxylation is 1. The second-order valence-corrected chi connectivity index (χ2v) is 5.11. The number of anilines is 3. The second kappa shape index (κ2) is 4.98. The smallest absolute Gasteiger partial charge is 0.0620 e. The normalized spacial score (nSPS) is 10.3. The number of hydrogen-bond donors (Lipinski definition) is 2. The van der Waals surface area contributed by atoms with Gasteiger partial charge in [-0.1, -0.05) is 17.7 Å². The molecule has 0 amide bonds. The lowest BCUT2D eigenvalue weighted by Crippen LogP contribution is -1.96. The van der Waals surface area contributed by atoms with Gasteiger partial charge in [0.05, 0.1) is 16.4 Å². The zero-order chi connectivity index (χ0) is 12.4. The van der Waals surface area contributed by atoms with Gasteiger partial charge in [0.25, 0.3) is 0 Å². The maximum absolute atomic E-state index is 6.03. The summed E-state index contributed by atoms with van der Waals surface area (Å²) in [5.74, 6) is 0. The van der Waals surface area contributed by atoms with Gasteiger partial charge in [0.2, 0.25) is 0 Å². The molecule has 0 heterocycles. The molecule has 0 aromatic heterocycles. The lowest BCUT2D eigenvalue weighted by molar-refractivity contribution is 1.45. The van der Waals surface area contributed by atoms with E-state index in [-0.39, 0.29) is 0 Å². The van der Waals surface area contributed by atoms with E-state index in [2.05, 4.69) is 21.2 Å². The first-order valence-electron chi connectivity index (χ1n) is 5.14. The van der Waals surface area contributed by atoms with Crippen LogP contribution in [0.15, 0.2) is 40.9 Å². The Morgan fingerprint density at radius 1 is 1.18 bits per heavy atom. The minimum Gasteiger partial charge on any atom is -0.397 e. The van der Waals surface area contributed by atoms with Crippen molar-refractivity contribution in [2.24, 2.45) is 0 Å². The second-order valence-electron chi connectivity index (χ2n) is 3.84. The van der Waals surface area contributed by atoms with Crippen molar-refractivity contribution in [3.8, 4) is 0 Å². The van der Waals surface area contributed by atoms with E-state index in [1.165, 1.54) is 0 Å². The number of nitrogens with two attached hydrogens (primary N) is 1. The van der Waals surface area contributed by atoms with Crippen LogP contribution in [0.1, 0.15) is 5.56 Å². The summed E-state index contributed by atoms with van der Waals surface area (Å²) in [4.78, 5) is 0. The van der Waals surface area contributed by atoms with Crippen LogP contribution in [-0.2, 0) is 0 Å². The third-order valence-corrected chi connectivity index (χ3v) is 3.64. The minimum atomic E-state index is 0.668. The van der Waals surface area contributed by atoms with Crippen LogP contribution in [0.25, 0.3) is 0 Å². The highest BCUT2D eigenvalue weighted by Gasteiger charge is 2.02. The van der Waals surface area contributed by atoms with E-state index >= 15 is 0 Å². The summed E-state index contributed by atoms with van der Waals surface area (Å²) >= 11 is 9.39. The van der Waals surface area contributed by atoms with Crippen LogP contribution in [0.2, 0.25) is 5.02 Å². The lowest BCUT2D eigenvalue weighted by Gasteiger charge is -2.10. The van der Waals surface area contributed by atoms with Gasteiger partial charge < -0.3 is 11.1 Å². The largest absolute Gasteiger partial charge is 0.397 e. The fraction of sp³-hybridized carbons (Fsp3) is 0.0769. The monoisotopic (exact) mass is 310 g/mol. The van der Waals surface area contributed by atoms with Crippen molar-refractivity contribution in [1.29, 1.82) is 0 Å². The van der Waals surface area contributed by atoms with Crippen molar-refractivity contribution >= 4 is 44.6 Å². The molecule has 0 fully saturated rings. The van der Waals surface area contributed by atoms with Crippen molar-refractivity contribution < 1.29 is 0 Å². The van der Waals surface area contributed by atoms with Crippen LogP contribution >= 0.6 is 27.5 Å². The standard InChI is InChI=1S/C13H12BrClN2/c1-8-2-5-12(16)13(6-8)17-9-3-4-10(14)11(15)7-9/h2-7,17H,16H2,1H3. The molecule has 0 bridgehead atoms. The third-order valence-electron chi connectivity index (χ3n) is 2.41. The first-order valence-corrected chi connectivity index (χ1v) is 6.31. The van der Waals surface area contributed by atoms with Crippen LogP contribution in [0.5, 0.6) is 0 Å². The molecule has 0 unspecified atom stereocenters. The quantitative estimate of drug-likeness (QED) is 0.786. The summed E-state index contributed by atoms with van der Waals surface area (Å²) in [6.45, 7) is 2.03. The SMILES string of the molecule is Cc1ccc(N)c(Nc2ccc(Br)c(Cl)c2)c1. The molecule has 2 rings (SSSR count). The Balaban J connectivity index is 2.31. The average Bonchev–Trinajstić information content (AvgIpc) is 2.29. The summed E-state index contributed by atoms with van der Waals surface area (Å²) in [6, 6.07) is 11.6. The van der Waals surface area contributed by atoms with Gasteiger partial charge >= 0.3 is 0 Å². The molecule has 2 aromatic rings.